The molecular weight excluding hydrogens is 296 g/mol. The second kappa shape index (κ2) is 8.42. The Morgan fingerprint density at radius 1 is 1.05 bits per heavy atom. The summed E-state index contributed by atoms with van der Waals surface area (Å²) in [6, 6.07) is 5.05. The zero-order valence-corrected chi connectivity index (χ0v) is 12.7. The number of Topliss-reactive ketones (excluding diaryl/α,β-unsaturated/α-hetero) is 2. The fourth-order valence-electron chi connectivity index (χ4n) is 1.82. The fourth-order valence-corrected chi connectivity index (χ4v) is 1.95. The van der Waals surface area contributed by atoms with E-state index in [1.54, 1.807) is 18.2 Å². The highest BCUT2D eigenvalue weighted by atomic mass is 35.5. The molecule has 6 heteroatoms. The molecule has 0 unspecified atom stereocenters. The highest BCUT2D eigenvalue weighted by Crippen LogP contribution is 2.24. The van der Waals surface area contributed by atoms with Gasteiger partial charge in [-0.1, -0.05) is 0 Å². The van der Waals surface area contributed by atoms with Gasteiger partial charge in [0.1, 0.15) is 11.5 Å². The van der Waals surface area contributed by atoms with Crippen molar-refractivity contribution in [1.82, 2.24) is 0 Å². The maximum atomic E-state index is 11.9. The average Bonchev–Trinajstić information content (AvgIpc) is 2.46. The summed E-state index contributed by atoms with van der Waals surface area (Å²) < 4.78 is 10.2. The first-order valence-corrected chi connectivity index (χ1v) is 6.81. The summed E-state index contributed by atoms with van der Waals surface area (Å²) in [6.45, 7) is 0. The molecule has 5 nitrogen and oxygen atoms in total. The van der Waals surface area contributed by atoms with Crippen molar-refractivity contribution in [2.24, 2.45) is 0 Å². The maximum absolute atomic E-state index is 11.9. The van der Waals surface area contributed by atoms with Crippen molar-refractivity contribution in [3.63, 3.8) is 0 Å². The summed E-state index contributed by atoms with van der Waals surface area (Å²) in [7, 11) is 3.01. The fraction of sp³-hybridized carbons (Fsp3) is 0.400. The molecule has 0 saturated heterocycles. The first-order valence-electron chi connectivity index (χ1n) is 6.43. The molecule has 0 aromatic heterocycles. The van der Waals surface area contributed by atoms with E-state index >= 15 is 0 Å². The summed E-state index contributed by atoms with van der Waals surface area (Å²) >= 11 is 5.18. The van der Waals surface area contributed by atoms with Gasteiger partial charge in [-0.05, 0) is 36.2 Å². The Bertz CT molecular complexity index is 539. The van der Waals surface area contributed by atoms with Gasteiger partial charge in [0.05, 0.1) is 14.2 Å². The van der Waals surface area contributed by atoms with Crippen molar-refractivity contribution >= 4 is 28.4 Å². The van der Waals surface area contributed by atoms with Crippen LogP contribution in [0.15, 0.2) is 18.2 Å². The second-order valence-electron chi connectivity index (χ2n) is 4.41. The molecule has 0 spiro atoms. The van der Waals surface area contributed by atoms with Crippen LogP contribution in [0.3, 0.4) is 0 Å². The lowest BCUT2D eigenvalue weighted by molar-refractivity contribution is -0.136. The lowest BCUT2D eigenvalue weighted by atomic mass is 10.0. The minimum Gasteiger partial charge on any atom is -0.497 e. The third-order valence-corrected chi connectivity index (χ3v) is 3.12. The molecule has 0 atom stereocenters. The summed E-state index contributed by atoms with van der Waals surface area (Å²) in [5.41, 5.74) is 0.587. The number of ketones is 2. The number of carbonyl (C=O) groups excluding carboxylic acids is 3. The molecule has 1 rings (SSSR count). The standard InChI is InChI=1S/C15H17ClO5/c1-20-11-6-7-14(21-2)10(8-11)9-13(18)12(17)4-3-5-15(16)19/h6-8H,3-5,9H2,1-2H3. The lowest BCUT2D eigenvalue weighted by Gasteiger charge is -2.09. The summed E-state index contributed by atoms with van der Waals surface area (Å²) in [4.78, 5) is 34.2. The third kappa shape index (κ3) is 5.55. The molecule has 0 N–H and O–H groups in total. The van der Waals surface area contributed by atoms with Gasteiger partial charge in [-0.3, -0.25) is 14.4 Å². The van der Waals surface area contributed by atoms with Crippen molar-refractivity contribution in [2.75, 3.05) is 14.2 Å². The number of hydrogen-bond acceptors (Lipinski definition) is 5. The minimum atomic E-state index is -0.524. The molecule has 0 aliphatic carbocycles. The van der Waals surface area contributed by atoms with E-state index < -0.39 is 16.8 Å². The van der Waals surface area contributed by atoms with Crippen LogP contribution in [0.4, 0.5) is 0 Å². The van der Waals surface area contributed by atoms with Crippen LogP contribution in [-0.2, 0) is 20.8 Å². The SMILES string of the molecule is COc1ccc(OC)c(CC(=O)C(=O)CCCC(=O)Cl)c1. The number of methoxy groups -OCH3 is 2. The van der Waals surface area contributed by atoms with Crippen LogP contribution in [-0.4, -0.2) is 31.0 Å². The van der Waals surface area contributed by atoms with Gasteiger partial charge < -0.3 is 9.47 Å². The molecule has 0 saturated carbocycles. The molecule has 0 bridgehead atoms. The van der Waals surface area contributed by atoms with Crippen molar-refractivity contribution in [3.05, 3.63) is 23.8 Å². The monoisotopic (exact) mass is 312 g/mol. The average molecular weight is 313 g/mol. The van der Waals surface area contributed by atoms with Gasteiger partial charge in [0.2, 0.25) is 11.0 Å². The smallest absolute Gasteiger partial charge is 0.221 e. The third-order valence-electron chi connectivity index (χ3n) is 2.93. The van der Waals surface area contributed by atoms with Crippen LogP contribution in [0.1, 0.15) is 24.8 Å². The van der Waals surface area contributed by atoms with Crippen molar-refractivity contribution in [1.29, 1.82) is 0 Å². The van der Waals surface area contributed by atoms with Gasteiger partial charge in [0, 0.05) is 24.8 Å². The van der Waals surface area contributed by atoms with Crippen molar-refractivity contribution < 1.29 is 23.9 Å². The first kappa shape index (κ1) is 17.2. The van der Waals surface area contributed by atoms with E-state index in [-0.39, 0.29) is 25.7 Å². The molecule has 0 aliphatic rings. The Kier molecular flexibility index (Phi) is 6.88. The zero-order valence-electron chi connectivity index (χ0n) is 12.0. The number of carbonyl (C=O) groups is 3. The molecule has 0 aliphatic heterocycles. The van der Waals surface area contributed by atoms with Crippen LogP contribution >= 0.6 is 11.6 Å². The molecule has 21 heavy (non-hydrogen) atoms. The molecule has 1 aromatic rings. The van der Waals surface area contributed by atoms with Crippen molar-refractivity contribution in [3.8, 4) is 11.5 Å². The van der Waals surface area contributed by atoms with Crippen LogP contribution < -0.4 is 9.47 Å². The van der Waals surface area contributed by atoms with Gasteiger partial charge >= 0.3 is 0 Å². The maximum Gasteiger partial charge on any atom is 0.221 e. The number of benzene rings is 1. The highest BCUT2D eigenvalue weighted by molar-refractivity contribution is 6.63. The van der Waals surface area contributed by atoms with Crippen LogP contribution in [0, 0.1) is 0 Å². The molecule has 0 radical (unpaired) electrons. The molecule has 0 amide bonds. The molecule has 0 heterocycles. The van der Waals surface area contributed by atoms with E-state index in [2.05, 4.69) is 0 Å². The van der Waals surface area contributed by atoms with E-state index in [1.807, 2.05) is 0 Å². The van der Waals surface area contributed by atoms with Gasteiger partial charge in [-0.2, -0.15) is 0 Å². The van der Waals surface area contributed by atoms with E-state index in [9.17, 15) is 14.4 Å². The van der Waals surface area contributed by atoms with Gasteiger partial charge in [-0.25, -0.2) is 0 Å². The summed E-state index contributed by atoms with van der Waals surface area (Å²) in [6.07, 6.45) is 0.322. The Labute approximate surface area is 128 Å². The van der Waals surface area contributed by atoms with Gasteiger partial charge in [0.15, 0.2) is 5.78 Å². The van der Waals surface area contributed by atoms with E-state index in [1.165, 1.54) is 14.2 Å². The quantitative estimate of drug-likeness (QED) is 0.517. The predicted molar refractivity (Wildman–Crippen MR) is 78.0 cm³/mol. The van der Waals surface area contributed by atoms with Crippen LogP contribution in [0.2, 0.25) is 0 Å². The van der Waals surface area contributed by atoms with Gasteiger partial charge in [0.25, 0.3) is 0 Å². The molecular formula is C15H17ClO5. The second-order valence-corrected chi connectivity index (χ2v) is 4.83. The Morgan fingerprint density at radius 3 is 2.33 bits per heavy atom. The topological polar surface area (TPSA) is 69.7 Å². The zero-order chi connectivity index (χ0) is 15.8. The summed E-state index contributed by atoms with van der Waals surface area (Å²) in [5.74, 6) is 0.0630. The van der Waals surface area contributed by atoms with Gasteiger partial charge in [-0.15, -0.1) is 0 Å². The van der Waals surface area contributed by atoms with Crippen LogP contribution in [0.5, 0.6) is 11.5 Å². The largest absolute Gasteiger partial charge is 0.497 e. The Balaban J connectivity index is 2.69. The van der Waals surface area contributed by atoms with E-state index in [0.717, 1.165) is 0 Å². The lowest BCUT2D eigenvalue weighted by Crippen LogP contribution is -2.17. The molecule has 1 aromatic carbocycles. The summed E-state index contributed by atoms with van der Waals surface area (Å²) in [5, 5.41) is -0.510. The predicted octanol–water partition coefficient (Wildman–Crippen LogP) is 2.32. The minimum absolute atomic E-state index is 0.0174. The normalized spacial score (nSPS) is 10.0. The molecule has 114 valence electrons. The number of halogens is 1. The highest BCUT2D eigenvalue weighted by Gasteiger charge is 2.17. The number of hydrogen-bond donors (Lipinski definition) is 0. The van der Waals surface area contributed by atoms with Crippen LogP contribution in [0.25, 0.3) is 0 Å². The van der Waals surface area contributed by atoms with E-state index in [0.29, 0.717) is 17.1 Å². The molecule has 0 fully saturated rings. The van der Waals surface area contributed by atoms with Crippen molar-refractivity contribution in [2.45, 2.75) is 25.7 Å². The number of rotatable bonds is 9. The Hall–Kier alpha value is -1.88. The Morgan fingerprint density at radius 2 is 1.76 bits per heavy atom. The first-order chi connectivity index (χ1) is 9.97. The number of ether oxygens (including phenoxy) is 2. The van der Waals surface area contributed by atoms with E-state index in [4.69, 9.17) is 21.1 Å².